The molecule has 0 N–H and O–H groups in total. The van der Waals surface area contributed by atoms with Crippen molar-refractivity contribution in [2.24, 2.45) is 17.8 Å². The summed E-state index contributed by atoms with van der Waals surface area (Å²) >= 11 is 0. The summed E-state index contributed by atoms with van der Waals surface area (Å²) in [6, 6.07) is 1.36. The molecule has 0 heterocycles. The van der Waals surface area contributed by atoms with Crippen molar-refractivity contribution in [1.29, 1.82) is 0 Å². The molecule has 0 saturated heterocycles. The highest BCUT2D eigenvalue weighted by molar-refractivity contribution is 6.59. The van der Waals surface area contributed by atoms with Crippen LogP contribution in [-0.4, -0.2) is 23.7 Å². The highest BCUT2D eigenvalue weighted by Gasteiger charge is 2.52. The topological polar surface area (TPSA) is 3.24 Å². The molecule has 3 aliphatic rings. The van der Waals surface area contributed by atoms with E-state index in [-0.39, 0.29) is 0 Å². The lowest BCUT2D eigenvalue weighted by molar-refractivity contribution is 0.214. The molecule has 3 aliphatic carbocycles. The fraction of sp³-hybridized carbons (Fsp3) is 0.920. The maximum atomic E-state index is 3.96. The number of allylic oxidation sites excluding steroid dienone is 1. The summed E-state index contributed by atoms with van der Waals surface area (Å²) < 4.78 is 0. The van der Waals surface area contributed by atoms with Crippen LogP contribution in [0.5, 0.6) is 0 Å². The average Bonchev–Trinajstić information content (AvgIpc) is 3.28. The van der Waals surface area contributed by atoms with Gasteiger partial charge in [-0.25, -0.2) is 0 Å². The first-order valence-electron chi connectivity index (χ1n) is 12.4. The van der Waals surface area contributed by atoms with Crippen LogP contribution in [0.1, 0.15) is 105 Å². The molecule has 27 heavy (non-hydrogen) atoms. The van der Waals surface area contributed by atoms with Gasteiger partial charge in [-0.3, -0.25) is 0 Å². The van der Waals surface area contributed by atoms with E-state index >= 15 is 0 Å². The minimum atomic E-state index is 0.678. The smallest absolute Gasteiger partial charge is 0.230 e. The lowest BCUT2D eigenvalue weighted by Crippen LogP contribution is -2.53. The maximum absolute atomic E-state index is 3.96. The van der Waals surface area contributed by atoms with Crippen molar-refractivity contribution >= 4 is 6.85 Å². The quantitative estimate of drug-likeness (QED) is 0.229. The first kappa shape index (κ1) is 21.5. The zero-order valence-corrected chi connectivity index (χ0v) is 18.8. The Kier molecular flexibility index (Phi) is 7.95. The molecule has 0 aliphatic heterocycles. The van der Waals surface area contributed by atoms with Gasteiger partial charge in [0.25, 0.3) is 0 Å². The fourth-order valence-corrected chi connectivity index (χ4v) is 7.65. The Hall–Kier alpha value is -0.235. The molecule has 0 aromatic heterocycles. The summed E-state index contributed by atoms with van der Waals surface area (Å²) in [6.45, 7) is 14.6. The molecule has 0 aromatic rings. The molecule has 3 fully saturated rings. The molecule has 3 saturated carbocycles. The maximum Gasteiger partial charge on any atom is 0.230 e. The number of rotatable bonds is 9. The van der Waals surface area contributed by atoms with Gasteiger partial charge < -0.3 is 4.81 Å². The van der Waals surface area contributed by atoms with Crippen LogP contribution < -0.4 is 0 Å². The first-order chi connectivity index (χ1) is 13.0. The standard InChI is InChI=1S/C25H46BN/c1-6-7-8-13-21-18-25(24-17-12-11-16-23(21)24)26(22-14-9-10-15-22)27(19(2)3)20(4)5/h6,19-25H,1,7-18H2,2-5H3. The van der Waals surface area contributed by atoms with Gasteiger partial charge in [-0.2, -0.15) is 0 Å². The summed E-state index contributed by atoms with van der Waals surface area (Å²) in [7, 11) is 0. The zero-order valence-electron chi connectivity index (χ0n) is 18.8. The summed E-state index contributed by atoms with van der Waals surface area (Å²) in [6.07, 6.45) is 19.7. The molecule has 2 heteroatoms. The van der Waals surface area contributed by atoms with Crippen LogP contribution in [-0.2, 0) is 0 Å². The molecule has 1 nitrogen and oxygen atoms in total. The van der Waals surface area contributed by atoms with Crippen LogP contribution in [0.3, 0.4) is 0 Å². The van der Waals surface area contributed by atoms with Crippen molar-refractivity contribution in [2.45, 2.75) is 128 Å². The van der Waals surface area contributed by atoms with E-state index in [0.29, 0.717) is 12.1 Å². The van der Waals surface area contributed by atoms with E-state index in [1.807, 2.05) is 0 Å². The van der Waals surface area contributed by atoms with Crippen LogP contribution in [0.25, 0.3) is 0 Å². The Labute approximate surface area is 170 Å². The predicted molar refractivity (Wildman–Crippen MR) is 121 cm³/mol. The predicted octanol–water partition coefficient (Wildman–Crippen LogP) is 7.59. The molecule has 0 amide bonds. The first-order valence-corrected chi connectivity index (χ1v) is 12.4. The average molecular weight is 371 g/mol. The van der Waals surface area contributed by atoms with Gasteiger partial charge in [-0.15, -0.1) is 6.58 Å². The van der Waals surface area contributed by atoms with Gasteiger partial charge in [0, 0.05) is 0 Å². The summed E-state index contributed by atoms with van der Waals surface area (Å²) in [5.74, 6) is 5.01. The van der Waals surface area contributed by atoms with Crippen molar-refractivity contribution in [3.05, 3.63) is 12.7 Å². The lowest BCUT2D eigenvalue weighted by atomic mass is 9.37. The third-order valence-corrected chi connectivity index (χ3v) is 8.45. The van der Waals surface area contributed by atoms with E-state index in [0.717, 1.165) is 36.2 Å². The van der Waals surface area contributed by atoms with E-state index in [4.69, 9.17) is 0 Å². The van der Waals surface area contributed by atoms with Crippen LogP contribution in [0, 0.1) is 17.8 Å². The monoisotopic (exact) mass is 371 g/mol. The third-order valence-electron chi connectivity index (χ3n) is 8.45. The number of hydrogen-bond donors (Lipinski definition) is 0. The van der Waals surface area contributed by atoms with Gasteiger partial charge in [0.05, 0.1) is 0 Å². The Morgan fingerprint density at radius 2 is 1.52 bits per heavy atom. The van der Waals surface area contributed by atoms with E-state index in [1.165, 1.54) is 77.0 Å². The van der Waals surface area contributed by atoms with Gasteiger partial charge in [0.1, 0.15) is 0 Å². The van der Waals surface area contributed by atoms with Gasteiger partial charge in [0.15, 0.2) is 0 Å². The number of unbranched alkanes of at least 4 members (excludes halogenated alkanes) is 1. The minimum Gasteiger partial charge on any atom is -0.337 e. The second-order valence-corrected chi connectivity index (χ2v) is 10.7. The van der Waals surface area contributed by atoms with Gasteiger partial charge >= 0.3 is 0 Å². The molecule has 0 bridgehead atoms. The van der Waals surface area contributed by atoms with Gasteiger partial charge in [0.2, 0.25) is 6.85 Å². The van der Waals surface area contributed by atoms with Crippen molar-refractivity contribution in [2.75, 3.05) is 0 Å². The normalized spacial score (nSPS) is 31.8. The molecular weight excluding hydrogens is 325 g/mol. The molecule has 154 valence electrons. The second kappa shape index (κ2) is 9.99. The zero-order chi connectivity index (χ0) is 19.4. The fourth-order valence-electron chi connectivity index (χ4n) is 7.65. The van der Waals surface area contributed by atoms with E-state index in [1.54, 1.807) is 0 Å². The number of fused-ring (bicyclic) bond motifs is 1. The molecule has 4 unspecified atom stereocenters. The summed E-state index contributed by atoms with van der Waals surface area (Å²) in [4.78, 5) is 2.96. The second-order valence-electron chi connectivity index (χ2n) is 10.7. The van der Waals surface area contributed by atoms with Crippen LogP contribution in [0.15, 0.2) is 12.7 Å². The highest BCUT2D eigenvalue weighted by Crippen LogP contribution is 2.58. The Balaban J connectivity index is 1.84. The van der Waals surface area contributed by atoms with E-state index in [9.17, 15) is 0 Å². The van der Waals surface area contributed by atoms with Crippen molar-refractivity contribution in [3.63, 3.8) is 0 Å². The summed E-state index contributed by atoms with van der Waals surface area (Å²) in [5, 5.41) is 0. The Bertz CT molecular complexity index is 445. The van der Waals surface area contributed by atoms with Crippen LogP contribution in [0.4, 0.5) is 0 Å². The van der Waals surface area contributed by atoms with Crippen LogP contribution in [0.2, 0.25) is 11.6 Å². The SMILES string of the molecule is C=CCCCC1CC(B(C2CCCC2)N(C(C)C)C(C)C)C2CCCCC12. The molecule has 0 aromatic carbocycles. The van der Waals surface area contributed by atoms with Gasteiger partial charge in [-0.05, 0) is 67.2 Å². The van der Waals surface area contributed by atoms with Crippen molar-refractivity contribution in [1.82, 2.24) is 4.81 Å². The summed E-state index contributed by atoms with van der Waals surface area (Å²) in [5.41, 5.74) is 0. The van der Waals surface area contributed by atoms with Crippen molar-refractivity contribution in [3.8, 4) is 0 Å². The molecule has 0 spiro atoms. The van der Waals surface area contributed by atoms with E-state index < -0.39 is 0 Å². The van der Waals surface area contributed by atoms with Crippen LogP contribution >= 0.6 is 0 Å². The molecular formula is C25H46BN. The Morgan fingerprint density at radius 1 is 0.926 bits per heavy atom. The number of nitrogens with zero attached hydrogens (tertiary/aromatic N) is 1. The number of hydrogen-bond acceptors (Lipinski definition) is 1. The van der Waals surface area contributed by atoms with E-state index in [2.05, 4.69) is 45.2 Å². The third kappa shape index (κ3) is 4.85. The largest absolute Gasteiger partial charge is 0.337 e. The molecule has 4 atom stereocenters. The molecule has 0 radical (unpaired) electrons. The Morgan fingerprint density at radius 3 is 2.11 bits per heavy atom. The highest BCUT2D eigenvalue weighted by atomic mass is 15.1. The van der Waals surface area contributed by atoms with Crippen molar-refractivity contribution < 1.29 is 0 Å². The molecule has 3 rings (SSSR count). The minimum absolute atomic E-state index is 0.678. The lowest BCUT2D eigenvalue weighted by Gasteiger charge is -2.45. The van der Waals surface area contributed by atoms with Gasteiger partial charge in [-0.1, -0.05) is 85.1 Å².